The van der Waals surface area contributed by atoms with Crippen molar-refractivity contribution in [2.24, 2.45) is 0 Å². The zero-order valence-corrected chi connectivity index (χ0v) is 27.6. The van der Waals surface area contributed by atoms with E-state index in [4.69, 9.17) is 11.6 Å². The van der Waals surface area contributed by atoms with Crippen LogP contribution in [0.1, 0.15) is 21.9 Å². The number of anilines is 2. The Labute approximate surface area is 275 Å². The van der Waals surface area contributed by atoms with Crippen LogP contribution in [0, 0.1) is 19.7 Å². The molecule has 2 heterocycles. The van der Waals surface area contributed by atoms with Crippen molar-refractivity contribution in [3.8, 4) is 0 Å². The summed E-state index contributed by atoms with van der Waals surface area (Å²) >= 11 is 6.28. The number of halogens is 2. The number of piperazine rings is 2. The number of sulfonamides is 1. The molecule has 7 nitrogen and oxygen atoms in total. The van der Waals surface area contributed by atoms with Crippen molar-refractivity contribution in [3.63, 3.8) is 0 Å². The number of carbonyl (C=O) groups is 1. The Kier molecular flexibility index (Phi) is 9.10. The molecule has 2 fully saturated rings. The molecule has 1 amide bonds. The predicted molar refractivity (Wildman–Crippen MR) is 185 cm³/mol. The molecule has 0 N–H and O–H groups in total. The molecule has 2 aliphatic rings. The quantitative estimate of drug-likeness (QED) is 0.216. The molecule has 0 radical (unpaired) electrons. The van der Waals surface area contributed by atoms with Crippen molar-refractivity contribution < 1.29 is 17.6 Å². The van der Waals surface area contributed by atoms with Crippen LogP contribution in [0.4, 0.5) is 15.8 Å². The number of aryl methyl sites for hydroxylation is 2. The van der Waals surface area contributed by atoms with Gasteiger partial charge in [-0.05, 0) is 71.6 Å². The zero-order valence-electron chi connectivity index (χ0n) is 26.1. The highest BCUT2D eigenvalue weighted by Gasteiger charge is 2.42. The fourth-order valence-electron chi connectivity index (χ4n) is 6.80. The Morgan fingerprint density at radius 2 is 1.63 bits per heavy atom. The van der Waals surface area contributed by atoms with E-state index < -0.39 is 21.3 Å². The first-order valence-electron chi connectivity index (χ1n) is 15.5. The number of hydrogen-bond acceptors (Lipinski definition) is 5. The Morgan fingerprint density at radius 3 is 2.37 bits per heavy atom. The van der Waals surface area contributed by atoms with Crippen molar-refractivity contribution in [2.75, 3.05) is 55.6 Å². The molecule has 0 aromatic heterocycles. The monoisotopic (exact) mass is 660 g/mol. The molecular formula is C36H38ClFN4O3S. The van der Waals surface area contributed by atoms with Gasteiger partial charge in [0.05, 0.1) is 0 Å². The summed E-state index contributed by atoms with van der Waals surface area (Å²) in [6.45, 7) is 10.4. The number of nitrogens with zero attached hydrogens (tertiary/aromatic N) is 4. The maximum atomic E-state index is 14.4. The van der Waals surface area contributed by atoms with E-state index in [0.717, 1.165) is 27.7 Å². The number of benzene rings is 4. The zero-order chi connectivity index (χ0) is 32.6. The summed E-state index contributed by atoms with van der Waals surface area (Å²) in [6.07, 6.45) is 1.47. The number of fused-ring (bicyclic) bond motifs is 1. The molecule has 2 unspecified atom stereocenters. The van der Waals surface area contributed by atoms with Gasteiger partial charge in [-0.1, -0.05) is 66.2 Å². The van der Waals surface area contributed by atoms with Crippen LogP contribution in [0.5, 0.6) is 0 Å². The van der Waals surface area contributed by atoms with E-state index in [-0.39, 0.29) is 31.4 Å². The summed E-state index contributed by atoms with van der Waals surface area (Å²) in [4.78, 5) is 20.4. The lowest BCUT2D eigenvalue weighted by atomic mass is 10.0. The van der Waals surface area contributed by atoms with Crippen molar-refractivity contribution in [1.82, 2.24) is 9.21 Å². The fraction of sp³-hybridized carbons (Fsp3) is 0.306. The second-order valence-electron chi connectivity index (χ2n) is 12.0. The van der Waals surface area contributed by atoms with Crippen LogP contribution in [0.3, 0.4) is 0 Å². The van der Waals surface area contributed by atoms with Crippen LogP contribution >= 0.6 is 11.6 Å². The van der Waals surface area contributed by atoms with Crippen LogP contribution in [-0.4, -0.2) is 75.4 Å². The topological polar surface area (TPSA) is 64.2 Å². The normalized spacial score (nSPS) is 18.5. The summed E-state index contributed by atoms with van der Waals surface area (Å²) in [7, 11) is -3.95. The summed E-state index contributed by atoms with van der Waals surface area (Å²) in [5.41, 5.74) is 4.22. The van der Waals surface area contributed by atoms with Gasteiger partial charge in [-0.3, -0.25) is 4.79 Å². The summed E-state index contributed by atoms with van der Waals surface area (Å²) in [6, 6.07) is 22.9. The highest BCUT2D eigenvalue weighted by molar-refractivity contribution is 7.89. The van der Waals surface area contributed by atoms with Crippen molar-refractivity contribution in [3.05, 3.63) is 119 Å². The first kappa shape index (κ1) is 32.0. The summed E-state index contributed by atoms with van der Waals surface area (Å²) < 4.78 is 44.3. The summed E-state index contributed by atoms with van der Waals surface area (Å²) in [5, 5.41) is 1.46. The molecular weight excluding hydrogens is 623 g/mol. The smallest absolute Gasteiger partial charge is 0.246 e. The molecule has 2 saturated heterocycles. The van der Waals surface area contributed by atoms with Crippen LogP contribution in [0.25, 0.3) is 10.8 Å². The lowest BCUT2D eigenvalue weighted by Crippen LogP contribution is -2.63. The van der Waals surface area contributed by atoms with Crippen LogP contribution < -0.4 is 9.80 Å². The van der Waals surface area contributed by atoms with Gasteiger partial charge in [0.25, 0.3) is 0 Å². The van der Waals surface area contributed by atoms with E-state index in [1.165, 1.54) is 22.5 Å². The SMILES string of the molecule is C=CC(c1cccc2ccccc12)S(=O)(=O)N1CCN(c2ccc(F)cc2C)C(C(=O)N2CCN(c3cc(Cl)ccc3C)CC2)C1. The maximum absolute atomic E-state index is 14.4. The van der Waals surface area contributed by atoms with E-state index in [0.29, 0.717) is 42.3 Å². The second kappa shape index (κ2) is 13.1. The Balaban J connectivity index is 1.29. The molecule has 4 aromatic rings. The minimum atomic E-state index is -3.95. The van der Waals surface area contributed by atoms with E-state index >= 15 is 0 Å². The highest BCUT2D eigenvalue weighted by atomic mass is 35.5. The van der Waals surface area contributed by atoms with Crippen LogP contribution in [0.15, 0.2) is 91.5 Å². The van der Waals surface area contributed by atoms with Gasteiger partial charge in [0.2, 0.25) is 15.9 Å². The number of carbonyl (C=O) groups excluding carboxylic acids is 1. The maximum Gasteiger partial charge on any atom is 0.246 e. The average molecular weight is 661 g/mol. The molecule has 0 saturated carbocycles. The van der Waals surface area contributed by atoms with Gasteiger partial charge >= 0.3 is 0 Å². The summed E-state index contributed by atoms with van der Waals surface area (Å²) in [5.74, 6) is -0.506. The molecule has 2 atom stereocenters. The Hall–Kier alpha value is -3.92. The Bertz CT molecular complexity index is 1890. The van der Waals surface area contributed by atoms with Crippen molar-refractivity contribution >= 4 is 49.7 Å². The second-order valence-corrected chi connectivity index (χ2v) is 14.5. The van der Waals surface area contributed by atoms with Gasteiger partial charge in [-0.15, -0.1) is 6.58 Å². The minimum absolute atomic E-state index is 0.0271. The van der Waals surface area contributed by atoms with Gasteiger partial charge in [0.15, 0.2) is 0 Å². The molecule has 0 spiro atoms. The molecule has 240 valence electrons. The number of hydrogen-bond donors (Lipinski definition) is 0. The van der Waals surface area contributed by atoms with E-state index in [9.17, 15) is 17.6 Å². The van der Waals surface area contributed by atoms with Gasteiger partial charge in [-0.2, -0.15) is 4.31 Å². The average Bonchev–Trinajstić information content (AvgIpc) is 3.06. The third-order valence-corrected chi connectivity index (χ3v) is 11.6. The standard InChI is InChI=1S/C36H38ClFN4O3S/c1-4-35(31-11-7-9-27-8-5-6-10-30(27)31)46(44,45)41-20-21-42(32-15-14-29(38)22-26(32)3)34(24-41)36(43)40-18-16-39(17-19-40)33-23-28(37)13-12-25(33)2/h4-15,22-23,34-35H,1,16-21,24H2,2-3H3. The first-order chi connectivity index (χ1) is 22.1. The van der Waals surface area contributed by atoms with Crippen molar-refractivity contribution in [2.45, 2.75) is 25.1 Å². The molecule has 10 heteroatoms. The predicted octanol–water partition coefficient (Wildman–Crippen LogP) is 6.35. The molecule has 4 aromatic carbocycles. The molecule has 0 bridgehead atoms. The highest BCUT2D eigenvalue weighted by Crippen LogP contribution is 2.35. The third kappa shape index (κ3) is 6.11. The fourth-order valence-corrected chi connectivity index (χ4v) is 8.74. The van der Waals surface area contributed by atoms with Crippen molar-refractivity contribution in [1.29, 1.82) is 0 Å². The van der Waals surface area contributed by atoms with Crippen LogP contribution in [0.2, 0.25) is 5.02 Å². The lowest BCUT2D eigenvalue weighted by molar-refractivity contribution is -0.133. The first-order valence-corrected chi connectivity index (χ1v) is 17.4. The van der Waals surface area contributed by atoms with Gasteiger partial charge in [0.1, 0.15) is 17.1 Å². The molecule has 0 aliphatic carbocycles. The molecule has 6 rings (SSSR count). The van der Waals surface area contributed by atoms with E-state index in [1.807, 2.05) is 84.3 Å². The number of rotatable bonds is 7. The largest absolute Gasteiger partial charge is 0.368 e. The van der Waals surface area contributed by atoms with Crippen LogP contribution in [-0.2, 0) is 14.8 Å². The third-order valence-electron chi connectivity index (χ3n) is 9.22. The Morgan fingerprint density at radius 1 is 0.891 bits per heavy atom. The van der Waals surface area contributed by atoms with Gasteiger partial charge < -0.3 is 14.7 Å². The number of amides is 1. The minimum Gasteiger partial charge on any atom is -0.368 e. The van der Waals surface area contributed by atoms with Gasteiger partial charge in [0, 0.05) is 62.2 Å². The molecule has 46 heavy (non-hydrogen) atoms. The van der Waals surface area contributed by atoms with E-state index in [2.05, 4.69) is 11.5 Å². The van der Waals surface area contributed by atoms with E-state index in [1.54, 1.807) is 6.07 Å². The lowest BCUT2D eigenvalue weighted by Gasteiger charge is -2.45. The molecule has 2 aliphatic heterocycles. The van der Waals surface area contributed by atoms with Gasteiger partial charge in [-0.25, -0.2) is 12.8 Å².